The number of anilines is 1. The molecule has 2 heterocycles. The van der Waals surface area contributed by atoms with Gasteiger partial charge in [-0.1, -0.05) is 11.8 Å². The molecule has 0 saturated heterocycles. The Balaban J connectivity index is 2.23. The van der Waals surface area contributed by atoms with Crippen LogP contribution in [-0.4, -0.2) is 59.7 Å². The lowest BCUT2D eigenvalue weighted by molar-refractivity contribution is 0.0202. The second kappa shape index (κ2) is 6.90. The minimum atomic E-state index is -4.30. The second-order valence-electron chi connectivity index (χ2n) is 4.43. The summed E-state index contributed by atoms with van der Waals surface area (Å²) in [5, 5.41) is 9.75. The quantitative estimate of drug-likeness (QED) is 0.296. The van der Waals surface area contributed by atoms with E-state index in [9.17, 15) is 9.67 Å². The number of nitrogens with two attached hydrogens (primary N) is 1. The zero-order valence-corrected chi connectivity index (χ0v) is 13.4. The first-order valence-corrected chi connectivity index (χ1v) is 9.15. The summed E-state index contributed by atoms with van der Waals surface area (Å²) in [6.45, 7) is -0.285. The second-order valence-corrected chi connectivity index (χ2v) is 6.79. The summed E-state index contributed by atoms with van der Waals surface area (Å²) in [6, 6.07) is 0. The van der Waals surface area contributed by atoms with Crippen molar-refractivity contribution in [3.63, 3.8) is 0 Å². The smallest absolute Gasteiger partial charge is 0.350 e. The molecule has 2 rings (SSSR count). The fraction of sp³-hybridized carbons (Fsp3) is 0.500. The van der Waals surface area contributed by atoms with E-state index < -0.39 is 26.7 Å². The summed E-state index contributed by atoms with van der Waals surface area (Å²) in [6.07, 6.45) is 1.70. The molecular formula is C10H16N5O5PS. The number of imidazole rings is 1. The normalized spacial score (nSPS) is 13.6. The van der Waals surface area contributed by atoms with Crippen molar-refractivity contribution in [3.05, 3.63) is 6.33 Å². The fourth-order valence-electron chi connectivity index (χ4n) is 1.76. The molecule has 0 aliphatic rings. The number of nitrogens with zero attached hydrogens (tertiary/aromatic N) is 4. The van der Waals surface area contributed by atoms with Gasteiger partial charge in [-0.05, 0) is 6.26 Å². The number of ether oxygens (including phenoxy) is 1. The van der Waals surface area contributed by atoms with Gasteiger partial charge in [0, 0.05) is 0 Å². The van der Waals surface area contributed by atoms with E-state index in [0.29, 0.717) is 16.3 Å². The molecule has 0 aliphatic heterocycles. The molecule has 0 fully saturated rings. The molecular weight excluding hydrogens is 333 g/mol. The molecule has 0 radical (unpaired) electrons. The maximum absolute atomic E-state index is 10.8. The van der Waals surface area contributed by atoms with E-state index in [2.05, 4.69) is 15.0 Å². The number of thioether (sulfide) groups is 1. The topological polar surface area (TPSA) is 157 Å². The van der Waals surface area contributed by atoms with Crippen molar-refractivity contribution in [2.45, 2.75) is 17.8 Å². The molecule has 1 atom stereocenters. The van der Waals surface area contributed by atoms with Gasteiger partial charge in [0.2, 0.25) is 0 Å². The maximum Gasteiger partial charge on any atom is 0.350 e. The van der Waals surface area contributed by atoms with Crippen molar-refractivity contribution < 1.29 is 24.2 Å². The predicted octanol–water partition coefficient (Wildman–Crippen LogP) is -0.357. The van der Waals surface area contributed by atoms with Crippen LogP contribution in [0.1, 0.15) is 0 Å². The van der Waals surface area contributed by atoms with Crippen molar-refractivity contribution in [3.8, 4) is 0 Å². The van der Waals surface area contributed by atoms with E-state index in [0.717, 1.165) is 0 Å². The Morgan fingerprint density at radius 1 is 1.50 bits per heavy atom. The zero-order chi connectivity index (χ0) is 16.3. The highest BCUT2D eigenvalue weighted by atomic mass is 32.2. The van der Waals surface area contributed by atoms with Gasteiger partial charge >= 0.3 is 7.60 Å². The van der Waals surface area contributed by atoms with Gasteiger partial charge in [-0.15, -0.1) is 0 Å². The van der Waals surface area contributed by atoms with Crippen molar-refractivity contribution in [2.24, 2.45) is 0 Å². The monoisotopic (exact) mass is 349 g/mol. The standard InChI is InChI=1S/C10H16N5O5PS/c1-22-10-13-8(11)7-9(14-10)15(4-12-7)2-6(3-16)20-5-21(17,18)19/h4,6,16H,2-3,5H2,1H3,(H2,11,13,14)(H2,17,18,19)/t6-/m1/s1. The van der Waals surface area contributed by atoms with Crippen LogP contribution in [-0.2, 0) is 15.8 Å². The molecule has 22 heavy (non-hydrogen) atoms. The van der Waals surface area contributed by atoms with Gasteiger partial charge in [0.25, 0.3) is 0 Å². The van der Waals surface area contributed by atoms with Gasteiger partial charge in [-0.25, -0.2) is 15.0 Å². The maximum atomic E-state index is 10.8. The van der Waals surface area contributed by atoms with E-state index in [1.807, 2.05) is 0 Å². The summed E-state index contributed by atoms with van der Waals surface area (Å²) in [5.41, 5.74) is 6.69. The average Bonchev–Trinajstić information content (AvgIpc) is 2.85. The molecule has 0 spiro atoms. The van der Waals surface area contributed by atoms with Crippen LogP contribution in [0.15, 0.2) is 11.5 Å². The van der Waals surface area contributed by atoms with Crippen LogP contribution >= 0.6 is 19.4 Å². The number of rotatable bonds is 7. The van der Waals surface area contributed by atoms with Gasteiger partial charge in [-0.2, -0.15) is 0 Å². The first-order chi connectivity index (χ1) is 10.3. The van der Waals surface area contributed by atoms with Gasteiger partial charge in [0.15, 0.2) is 16.6 Å². The van der Waals surface area contributed by atoms with Gasteiger partial charge in [0.05, 0.1) is 25.6 Å². The highest BCUT2D eigenvalue weighted by molar-refractivity contribution is 7.98. The van der Waals surface area contributed by atoms with E-state index in [-0.39, 0.29) is 12.4 Å². The van der Waals surface area contributed by atoms with Crippen molar-refractivity contribution in [1.82, 2.24) is 19.5 Å². The summed E-state index contributed by atoms with van der Waals surface area (Å²) < 4.78 is 17.4. The Hall–Kier alpha value is -1.23. The number of aromatic nitrogens is 4. The lowest BCUT2D eigenvalue weighted by atomic mass is 10.3. The summed E-state index contributed by atoms with van der Waals surface area (Å²) in [4.78, 5) is 30.1. The molecule has 0 aliphatic carbocycles. The third kappa shape index (κ3) is 4.15. The molecule has 0 saturated carbocycles. The van der Waals surface area contributed by atoms with E-state index in [1.54, 1.807) is 10.8 Å². The Labute approximate surface area is 129 Å². The van der Waals surface area contributed by atoms with E-state index >= 15 is 0 Å². The lowest BCUT2D eigenvalue weighted by Gasteiger charge is -2.16. The molecule has 12 heteroatoms. The lowest BCUT2D eigenvalue weighted by Crippen LogP contribution is -2.24. The first kappa shape index (κ1) is 17.1. The number of fused-ring (bicyclic) bond motifs is 1. The minimum absolute atomic E-state index is 0.122. The molecule has 2 aromatic rings. The predicted molar refractivity (Wildman–Crippen MR) is 80.4 cm³/mol. The summed E-state index contributed by atoms with van der Waals surface area (Å²) in [7, 11) is -4.30. The Morgan fingerprint density at radius 3 is 2.82 bits per heavy atom. The highest BCUT2D eigenvalue weighted by Crippen LogP contribution is 2.34. The van der Waals surface area contributed by atoms with Crippen LogP contribution in [0.5, 0.6) is 0 Å². The molecule has 122 valence electrons. The third-order valence-corrected chi connectivity index (χ3v) is 3.77. The largest absolute Gasteiger partial charge is 0.394 e. The van der Waals surface area contributed by atoms with Crippen LogP contribution in [0, 0.1) is 0 Å². The molecule has 0 aromatic carbocycles. The van der Waals surface area contributed by atoms with E-state index in [1.165, 1.54) is 18.1 Å². The molecule has 0 amide bonds. The van der Waals surface area contributed by atoms with Gasteiger partial charge in [0.1, 0.15) is 11.9 Å². The average molecular weight is 349 g/mol. The van der Waals surface area contributed by atoms with Gasteiger partial charge < -0.3 is 29.9 Å². The van der Waals surface area contributed by atoms with Crippen LogP contribution in [0.4, 0.5) is 5.82 Å². The van der Waals surface area contributed by atoms with Gasteiger partial charge in [-0.3, -0.25) is 4.57 Å². The Morgan fingerprint density at radius 2 is 2.23 bits per heavy atom. The number of hydrogen-bond acceptors (Lipinski definition) is 8. The minimum Gasteiger partial charge on any atom is -0.394 e. The van der Waals surface area contributed by atoms with Crippen molar-refractivity contribution in [2.75, 3.05) is 24.9 Å². The number of aliphatic hydroxyl groups excluding tert-OH is 1. The van der Waals surface area contributed by atoms with Crippen LogP contribution in [0.3, 0.4) is 0 Å². The number of nitrogen functional groups attached to an aromatic ring is 1. The molecule has 2 aromatic heterocycles. The van der Waals surface area contributed by atoms with E-state index in [4.69, 9.17) is 20.3 Å². The molecule has 10 nitrogen and oxygen atoms in total. The van der Waals surface area contributed by atoms with Crippen LogP contribution < -0.4 is 5.73 Å². The highest BCUT2D eigenvalue weighted by Gasteiger charge is 2.19. The fourth-order valence-corrected chi connectivity index (χ4v) is 2.53. The van der Waals surface area contributed by atoms with Crippen molar-refractivity contribution in [1.29, 1.82) is 0 Å². The number of hydrogen-bond donors (Lipinski definition) is 4. The molecule has 5 N–H and O–H groups in total. The Bertz CT molecular complexity index is 704. The third-order valence-electron chi connectivity index (χ3n) is 2.74. The number of aliphatic hydroxyl groups is 1. The summed E-state index contributed by atoms with van der Waals surface area (Å²) in [5.74, 6) is 0.241. The SMILES string of the molecule is CSc1nc(N)c2ncn(C[C@H](CO)OCP(=O)(O)O)c2n1. The van der Waals surface area contributed by atoms with Crippen LogP contribution in [0.25, 0.3) is 11.2 Å². The first-order valence-electron chi connectivity index (χ1n) is 6.13. The van der Waals surface area contributed by atoms with Crippen LogP contribution in [0.2, 0.25) is 0 Å². The Kier molecular flexibility index (Phi) is 5.37. The zero-order valence-electron chi connectivity index (χ0n) is 11.7. The molecule has 0 unspecified atom stereocenters. The molecule has 0 bridgehead atoms. The van der Waals surface area contributed by atoms with Crippen molar-refractivity contribution >= 4 is 36.3 Å². The summed E-state index contributed by atoms with van der Waals surface area (Å²) >= 11 is 1.32.